The minimum Gasteiger partial charge on any atom is -0.480 e. The van der Waals surface area contributed by atoms with Gasteiger partial charge in [-0.1, -0.05) is 23.9 Å². The Labute approximate surface area is 106 Å². The van der Waals surface area contributed by atoms with E-state index >= 15 is 0 Å². The number of hydrogen-bond donors (Lipinski definition) is 2. The van der Waals surface area contributed by atoms with Gasteiger partial charge in [0.25, 0.3) is 11.7 Å². The lowest BCUT2D eigenvalue weighted by Crippen LogP contribution is -2.38. The highest BCUT2D eigenvalue weighted by molar-refractivity contribution is 7.99. The van der Waals surface area contributed by atoms with Crippen LogP contribution in [0.2, 0.25) is 0 Å². The van der Waals surface area contributed by atoms with Crippen molar-refractivity contribution in [3.05, 3.63) is 29.8 Å². The van der Waals surface area contributed by atoms with Crippen molar-refractivity contribution >= 4 is 23.6 Å². The topological polar surface area (TPSA) is 66.4 Å². The van der Waals surface area contributed by atoms with Gasteiger partial charge < -0.3 is 10.4 Å². The Bertz CT molecular complexity index is 454. The van der Waals surface area contributed by atoms with Crippen LogP contribution >= 0.6 is 11.8 Å². The number of amides is 1. The Hall–Kier alpha value is -1.63. The van der Waals surface area contributed by atoms with Crippen LogP contribution in [0.15, 0.2) is 29.2 Å². The number of thioether (sulfide) groups is 1. The number of benzene rings is 1. The number of aliphatic carboxylic acids is 1. The summed E-state index contributed by atoms with van der Waals surface area (Å²) in [5, 5.41) is 10.9. The monoisotopic (exact) mass is 275 g/mol. The second-order valence-electron chi connectivity index (χ2n) is 3.41. The van der Waals surface area contributed by atoms with Crippen LogP contribution in [0.3, 0.4) is 0 Å². The smallest absolute Gasteiger partial charge is 0.325 e. The molecule has 1 rings (SSSR count). The zero-order chi connectivity index (χ0) is 13.7. The molecule has 0 unspecified atom stereocenters. The molecule has 0 aliphatic carbocycles. The van der Waals surface area contributed by atoms with Crippen LogP contribution in [0, 0.1) is 0 Å². The maximum Gasteiger partial charge on any atom is 0.325 e. The van der Waals surface area contributed by atoms with Gasteiger partial charge >= 0.3 is 5.97 Å². The lowest BCUT2D eigenvalue weighted by atomic mass is 10.2. The zero-order valence-corrected chi connectivity index (χ0v) is 10.2. The van der Waals surface area contributed by atoms with Gasteiger partial charge in [0, 0.05) is 4.90 Å². The van der Waals surface area contributed by atoms with Gasteiger partial charge in [-0.25, -0.2) is 0 Å². The Morgan fingerprint density at radius 3 is 2.50 bits per heavy atom. The molecule has 98 valence electrons. The first-order chi connectivity index (χ1) is 8.41. The van der Waals surface area contributed by atoms with E-state index in [1.54, 1.807) is 0 Å². The summed E-state index contributed by atoms with van der Waals surface area (Å²) in [5.74, 6) is -4.52. The first kappa shape index (κ1) is 14.4. The van der Waals surface area contributed by atoms with Gasteiger partial charge in [-0.3, -0.25) is 9.59 Å². The molecular weight excluding hydrogens is 264 g/mol. The highest BCUT2D eigenvalue weighted by Crippen LogP contribution is 2.28. The van der Waals surface area contributed by atoms with E-state index in [2.05, 4.69) is 5.32 Å². The highest BCUT2D eigenvalue weighted by Gasteiger charge is 2.19. The van der Waals surface area contributed by atoms with Gasteiger partial charge in [0.2, 0.25) is 0 Å². The van der Waals surface area contributed by atoms with Crippen molar-refractivity contribution in [3.8, 4) is 0 Å². The number of carboxylic acid groups (broad SMARTS) is 1. The largest absolute Gasteiger partial charge is 0.480 e. The van der Waals surface area contributed by atoms with Gasteiger partial charge in [-0.2, -0.15) is 8.78 Å². The second kappa shape index (κ2) is 6.34. The number of rotatable bonds is 5. The molecule has 1 aromatic rings. The number of nitrogens with one attached hydrogen (secondary N) is 1. The molecule has 1 amide bonds. The number of carbonyl (C=O) groups excluding carboxylic acids is 1. The first-order valence-electron chi connectivity index (χ1n) is 4.99. The van der Waals surface area contributed by atoms with E-state index in [0.717, 1.165) is 0 Å². The Balaban J connectivity index is 2.88. The Morgan fingerprint density at radius 2 is 1.94 bits per heavy atom. The molecule has 1 atom stereocenters. The number of carbonyl (C=O) groups is 2. The third-order valence-electron chi connectivity index (χ3n) is 2.07. The average molecular weight is 275 g/mol. The van der Waals surface area contributed by atoms with Gasteiger partial charge in [-0.05, 0) is 19.1 Å². The summed E-state index contributed by atoms with van der Waals surface area (Å²) in [7, 11) is 0. The summed E-state index contributed by atoms with van der Waals surface area (Å²) >= 11 is 0.247. The first-order valence-corrected chi connectivity index (χ1v) is 5.87. The fourth-order valence-electron chi connectivity index (χ4n) is 1.19. The fourth-order valence-corrected chi connectivity index (χ4v) is 1.83. The SMILES string of the molecule is C[C@@H](NC(=O)c1ccccc1SC(F)F)C(=O)O. The molecule has 0 heterocycles. The van der Waals surface area contributed by atoms with Crippen molar-refractivity contribution in [1.29, 1.82) is 0 Å². The van der Waals surface area contributed by atoms with E-state index in [4.69, 9.17) is 5.11 Å². The molecule has 0 spiro atoms. The molecule has 0 aromatic heterocycles. The van der Waals surface area contributed by atoms with Crippen LogP contribution in [0.25, 0.3) is 0 Å². The molecule has 0 radical (unpaired) electrons. The van der Waals surface area contributed by atoms with E-state index in [0.29, 0.717) is 0 Å². The molecule has 0 aliphatic rings. The molecule has 18 heavy (non-hydrogen) atoms. The molecule has 2 N–H and O–H groups in total. The molecule has 4 nitrogen and oxygen atoms in total. The highest BCUT2D eigenvalue weighted by atomic mass is 32.2. The van der Waals surface area contributed by atoms with Gasteiger partial charge in [0.15, 0.2) is 0 Å². The fraction of sp³-hybridized carbons (Fsp3) is 0.273. The van der Waals surface area contributed by atoms with E-state index in [-0.39, 0.29) is 22.2 Å². The van der Waals surface area contributed by atoms with E-state index in [9.17, 15) is 18.4 Å². The molecule has 7 heteroatoms. The number of carboxylic acids is 1. The number of alkyl halides is 2. The van der Waals surface area contributed by atoms with Crippen molar-refractivity contribution in [2.75, 3.05) is 0 Å². The Morgan fingerprint density at radius 1 is 1.33 bits per heavy atom. The Kier molecular flexibility index (Phi) is 5.08. The van der Waals surface area contributed by atoms with E-state index in [1.807, 2.05) is 0 Å². The average Bonchev–Trinajstić information content (AvgIpc) is 2.28. The van der Waals surface area contributed by atoms with Crippen LogP contribution in [-0.2, 0) is 4.79 Å². The summed E-state index contributed by atoms with van der Waals surface area (Å²) in [6, 6.07) is 4.73. The zero-order valence-electron chi connectivity index (χ0n) is 9.39. The third kappa shape index (κ3) is 3.99. The summed E-state index contributed by atoms with van der Waals surface area (Å²) in [4.78, 5) is 22.4. The van der Waals surface area contributed by atoms with Gasteiger partial charge in [-0.15, -0.1) is 0 Å². The van der Waals surface area contributed by atoms with E-state index < -0.39 is 23.7 Å². The minimum absolute atomic E-state index is 0.0379. The van der Waals surface area contributed by atoms with Crippen molar-refractivity contribution in [1.82, 2.24) is 5.32 Å². The number of hydrogen-bond acceptors (Lipinski definition) is 3. The van der Waals surface area contributed by atoms with Crippen molar-refractivity contribution in [2.45, 2.75) is 23.6 Å². The molecular formula is C11H11F2NO3S. The van der Waals surface area contributed by atoms with Crippen molar-refractivity contribution in [3.63, 3.8) is 0 Å². The molecule has 0 fully saturated rings. The van der Waals surface area contributed by atoms with Crippen LogP contribution in [-0.4, -0.2) is 28.8 Å². The third-order valence-corrected chi connectivity index (χ3v) is 2.85. The molecule has 0 saturated carbocycles. The van der Waals surface area contributed by atoms with Crippen LogP contribution < -0.4 is 5.32 Å². The predicted octanol–water partition coefficient (Wildman–Crippen LogP) is 2.20. The van der Waals surface area contributed by atoms with Crippen LogP contribution in [0.1, 0.15) is 17.3 Å². The lowest BCUT2D eigenvalue weighted by molar-refractivity contribution is -0.138. The molecule has 1 aromatic carbocycles. The van der Waals surface area contributed by atoms with Crippen molar-refractivity contribution < 1.29 is 23.5 Å². The summed E-state index contributed by atoms with van der Waals surface area (Å²) in [5.41, 5.74) is 0.0379. The maximum absolute atomic E-state index is 12.3. The van der Waals surface area contributed by atoms with E-state index in [1.165, 1.54) is 31.2 Å². The quantitative estimate of drug-likeness (QED) is 0.808. The normalized spacial score (nSPS) is 12.2. The van der Waals surface area contributed by atoms with Crippen LogP contribution in [0.5, 0.6) is 0 Å². The molecule has 0 aliphatic heterocycles. The molecule has 0 bridgehead atoms. The van der Waals surface area contributed by atoms with Gasteiger partial charge in [0.05, 0.1) is 5.56 Å². The predicted molar refractivity (Wildman–Crippen MR) is 62.9 cm³/mol. The van der Waals surface area contributed by atoms with Crippen molar-refractivity contribution in [2.24, 2.45) is 0 Å². The maximum atomic E-state index is 12.3. The summed E-state index contributed by atoms with van der Waals surface area (Å²) in [6.07, 6.45) is 0. The second-order valence-corrected chi connectivity index (χ2v) is 4.44. The minimum atomic E-state index is -2.64. The lowest BCUT2D eigenvalue weighted by Gasteiger charge is -2.11. The van der Waals surface area contributed by atoms with Gasteiger partial charge in [0.1, 0.15) is 6.04 Å². The van der Waals surface area contributed by atoms with Crippen LogP contribution in [0.4, 0.5) is 8.78 Å². The summed E-state index contributed by atoms with van der Waals surface area (Å²) in [6.45, 7) is 1.29. The standard InChI is InChI=1S/C11H11F2NO3S/c1-6(10(16)17)14-9(15)7-4-2-3-5-8(7)18-11(12)13/h2-6,11H,1H3,(H,14,15)(H,16,17)/t6-/m1/s1. The molecule has 0 saturated heterocycles. The number of halogens is 2. The summed E-state index contributed by atoms with van der Waals surface area (Å²) < 4.78 is 24.6.